The van der Waals surface area contributed by atoms with Gasteiger partial charge in [-0.3, -0.25) is 9.69 Å². The molecule has 2 aromatic heterocycles. The van der Waals surface area contributed by atoms with Gasteiger partial charge in [0, 0.05) is 11.5 Å². The van der Waals surface area contributed by atoms with Crippen LogP contribution in [0.4, 0.5) is 0 Å². The third kappa shape index (κ3) is 2.36. The van der Waals surface area contributed by atoms with Crippen molar-refractivity contribution >= 4 is 41.0 Å². The summed E-state index contributed by atoms with van der Waals surface area (Å²) in [5, 5.41) is 21.9. The van der Waals surface area contributed by atoms with Crippen molar-refractivity contribution in [1.29, 1.82) is 0 Å². The van der Waals surface area contributed by atoms with Crippen LogP contribution in [-0.4, -0.2) is 64.6 Å². The standard InChI is InChI=1S/C13H12N6O3S2/c14-9-11(20)19-10(13(21)22)6(4-24-12(9)19)3-23-8-2-1-7-16-15-5-18(7)17-8/h1-2,5,9,12H,3-4,14H2,(H,21,22)/t9?,12-/m1/s1. The van der Waals surface area contributed by atoms with E-state index in [1.807, 2.05) is 0 Å². The smallest absolute Gasteiger partial charge is 0.352 e. The van der Waals surface area contributed by atoms with Gasteiger partial charge in [0.15, 0.2) is 5.65 Å². The number of rotatable bonds is 4. The number of amides is 1. The van der Waals surface area contributed by atoms with Gasteiger partial charge in [0.2, 0.25) is 5.91 Å². The molecule has 0 bridgehead atoms. The molecule has 1 amide bonds. The van der Waals surface area contributed by atoms with Crippen LogP contribution >= 0.6 is 23.5 Å². The van der Waals surface area contributed by atoms with Crippen LogP contribution in [0.3, 0.4) is 0 Å². The van der Waals surface area contributed by atoms with Crippen LogP contribution in [0.2, 0.25) is 0 Å². The SMILES string of the molecule is NC1C(=O)N2C(C(=O)O)=C(CSc3ccc4nncn4n3)CS[C@H]12. The van der Waals surface area contributed by atoms with Crippen LogP contribution in [-0.2, 0) is 9.59 Å². The van der Waals surface area contributed by atoms with Crippen LogP contribution in [0.25, 0.3) is 5.65 Å². The first-order valence-corrected chi connectivity index (χ1v) is 9.05. The Kier molecular flexibility index (Phi) is 3.70. The zero-order valence-electron chi connectivity index (χ0n) is 12.2. The number of thioether (sulfide) groups is 2. The molecule has 2 aromatic rings. The minimum Gasteiger partial charge on any atom is -0.477 e. The molecule has 1 saturated heterocycles. The summed E-state index contributed by atoms with van der Waals surface area (Å²) >= 11 is 2.90. The monoisotopic (exact) mass is 364 g/mol. The third-order valence-corrected chi connectivity index (χ3v) is 6.19. The maximum absolute atomic E-state index is 11.9. The van der Waals surface area contributed by atoms with Crippen LogP contribution in [0.15, 0.2) is 34.8 Å². The fourth-order valence-corrected chi connectivity index (χ4v) is 4.93. The summed E-state index contributed by atoms with van der Waals surface area (Å²) in [6, 6.07) is 2.98. The van der Waals surface area contributed by atoms with Crippen molar-refractivity contribution in [2.75, 3.05) is 11.5 Å². The Morgan fingerprint density at radius 2 is 2.33 bits per heavy atom. The molecule has 1 fully saturated rings. The number of nitrogens with two attached hydrogens (primary N) is 1. The quantitative estimate of drug-likeness (QED) is 0.560. The number of hydrogen-bond donors (Lipinski definition) is 2. The van der Waals surface area contributed by atoms with Crippen LogP contribution in [0, 0.1) is 0 Å². The molecule has 4 rings (SSSR count). The Labute approximate surface area is 144 Å². The molecule has 0 aliphatic carbocycles. The molecule has 2 aliphatic rings. The lowest BCUT2D eigenvalue weighted by Crippen LogP contribution is -2.68. The predicted octanol–water partition coefficient (Wildman–Crippen LogP) is -0.202. The number of carbonyl (C=O) groups is 2. The van der Waals surface area contributed by atoms with Gasteiger partial charge in [-0.2, -0.15) is 9.61 Å². The number of β-lactam (4-membered cyclic amide) rings is 1. The molecule has 0 aromatic carbocycles. The van der Waals surface area contributed by atoms with Gasteiger partial charge < -0.3 is 10.8 Å². The Morgan fingerprint density at radius 3 is 3.12 bits per heavy atom. The molecule has 24 heavy (non-hydrogen) atoms. The number of hydrogen-bond acceptors (Lipinski definition) is 8. The molecule has 124 valence electrons. The first-order valence-electron chi connectivity index (χ1n) is 7.01. The Hall–Kier alpha value is -2.11. The zero-order chi connectivity index (χ0) is 16.8. The minimum atomic E-state index is -1.10. The zero-order valence-corrected chi connectivity index (χ0v) is 13.8. The van der Waals surface area contributed by atoms with Crippen molar-refractivity contribution < 1.29 is 14.7 Å². The predicted molar refractivity (Wildman–Crippen MR) is 87.2 cm³/mol. The molecular weight excluding hydrogens is 352 g/mol. The van der Waals surface area contributed by atoms with Crippen LogP contribution in [0.5, 0.6) is 0 Å². The van der Waals surface area contributed by atoms with Crippen molar-refractivity contribution in [2.45, 2.75) is 16.4 Å². The van der Waals surface area contributed by atoms with Crippen molar-refractivity contribution in [3.05, 3.63) is 29.7 Å². The fraction of sp³-hybridized carbons (Fsp3) is 0.308. The van der Waals surface area contributed by atoms with E-state index in [-0.39, 0.29) is 17.0 Å². The summed E-state index contributed by atoms with van der Waals surface area (Å²) in [7, 11) is 0. The molecule has 0 radical (unpaired) electrons. The summed E-state index contributed by atoms with van der Waals surface area (Å²) in [6.45, 7) is 0. The van der Waals surface area contributed by atoms with Gasteiger partial charge in [0.1, 0.15) is 28.5 Å². The van der Waals surface area contributed by atoms with Gasteiger partial charge in [-0.1, -0.05) is 0 Å². The summed E-state index contributed by atoms with van der Waals surface area (Å²) in [4.78, 5) is 24.8. The highest BCUT2D eigenvalue weighted by atomic mass is 32.2. The van der Waals surface area contributed by atoms with Gasteiger partial charge in [0.25, 0.3) is 0 Å². The molecule has 0 saturated carbocycles. The summed E-state index contributed by atoms with van der Waals surface area (Å²) in [6.07, 6.45) is 1.50. The van der Waals surface area contributed by atoms with Crippen molar-refractivity contribution in [3.8, 4) is 0 Å². The van der Waals surface area contributed by atoms with Gasteiger partial charge in [-0.15, -0.1) is 33.7 Å². The fourth-order valence-electron chi connectivity index (χ4n) is 2.64. The van der Waals surface area contributed by atoms with E-state index in [1.165, 1.54) is 34.8 Å². The molecule has 0 spiro atoms. The number of carboxylic acids is 1. The van der Waals surface area contributed by atoms with Gasteiger partial charge in [-0.25, -0.2) is 4.79 Å². The molecular formula is C13H12N6O3S2. The van der Waals surface area contributed by atoms with E-state index in [2.05, 4.69) is 15.3 Å². The second kappa shape index (κ2) is 5.76. The first-order chi connectivity index (χ1) is 11.6. The topological polar surface area (TPSA) is 127 Å². The Morgan fingerprint density at radius 1 is 1.50 bits per heavy atom. The lowest BCUT2D eigenvalue weighted by atomic mass is 10.0. The lowest BCUT2D eigenvalue weighted by molar-refractivity contribution is -0.147. The number of aliphatic carboxylic acids is 1. The summed E-state index contributed by atoms with van der Waals surface area (Å²) < 4.78 is 1.55. The van der Waals surface area contributed by atoms with Crippen molar-refractivity contribution in [3.63, 3.8) is 0 Å². The highest BCUT2D eigenvalue weighted by Crippen LogP contribution is 2.40. The summed E-state index contributed by atoms with van der Waals surface area (Å²) in [5.41, 5.74) is 7.13. The second-order valence-electron chi connectivity index (χ2n) is 5.29. The average Bonchev–Trinajstić information content (AvgIpc) is 3.05. The number of fused-ring (bicyclic) bond motifs is 2. The van der Waals surface area contributed by atoms with Crippen molar-refractivity contribution in [1.82, 2.24) is 24.7 Å². The molecule has 9 nitrogen and oxygen atoms in total. The van der Waals surface area contributed by atoms with Gasteiger partial charge in [-0.05, 0) is 17.7 Å². The number of carbonyl (C=O) groups excluding carboxylic acids is 1. The third-order valence-electron chi connectivity index (χ3n) is 3.82. The Balaban J connectivity index is 1.57. The van der Waals surface area contributed by atoms with Gasteiger partial charge >= 0.3 is 5.97 Å². The number of carboxylic acid groups (broad SMARTS) is 1. The van der Waals surface area contributed by atoms with E-state index < -0.39 is 12.0 Å². The molecule has 2 aliphatic heterocycles. The van der Waals surface area contributed by atoms with E-state index in [1.54, 1.807) is 16.6 Å². The van der Waals surface area contributed by atoms with E-state index in [0.29, 0.717) is 22.7 Å². The van der Waals surface area contributed by atoms with E-state index in [9.17, 15) is 14.7 Å². The second-order valence-corrected chi connectivity index (χ2v) is 7.39. The highest BCUT2D eigenvalue weighted by molar-refractivity contribution is 8.01. The lowest BCUT2D eigenvalue weighted by Gasteiger charge is -2.48. The van der Waals surface area contributed by atoms with Crippen LogP contribution < -0.4 is 5.73 Å². The van der Waals surface area contributed by atoms with Crippen LogP contribution in [0.1, 0.15) is 0 Å². The molecule has 11 heteroatoms. The van der Waals surface area contributed by atoms with E-state index >= 15 is 0 Å². The van der Waals surface area contributed by atoms with E-state index in [4.69, 9.17) is 5.73 Å². The molecule has 2 atom stereocenters. The maximum atomic E-state index is 11.9. The van der Waals surface area contributed by atoms with E-state index in [0.717, 1.165) is 5.03 Å². The van der Waals surface area contributed by atoms with Gasteiger partial charge in [0.05, 0.1) is 0 Å². The highest BCUT2D eigenvalue weighted by Gasteiger charge is 2.51. The molecule has 1 unspecified atom stereocenters. The normalized spacial score (nSPS) is 23.4. The number of aromatic nitrogens is 4. The average molecular weight is 364 g/mol. The Bertz CT molecular complexity index is 881. The minimum absolute atomic E-state index is 0.0586. The first kappa shape index (κ1) is 15.4. The molecule has 4 heterocycles. The molecule has 3 N–H and O–H groups in total. The largest absolute Gasteiger partial charge is 0.477 e. The van der Waals surface area contributed by atoms with Crippen molar-refractivity contribution in [2.24, 2.45) is 5.73 Å². The maximum Gasteiger partial charge on any atom is 0.352 e. The summed E-state index contributed by atoms with van der Waals surface area (Å²) in [5.74, 6) is -0.471. The number of nitrogens with zero attached hydrogens (tertiary/aromatic N) is 5.